The van der Waals surface area contributed by atoms with E-state index in [1.54, 1.807) is 12.4 Å². The molecule has 0 saturated carbocycles. The van der Waals surface area contributed by atoms with E-state index in [0.717, 1.165) is 83.8 Å². The third kappa shape index (κ3) is 7.22. The highest BCUT2D eigenvalue weighted by molar-refractivity contribution is 5.80. The summed E-state index contributed by atoms with van der Waals surface area (Å²) in [4.78, 5) is 34.1. The van der Waals surface area contributed by atoms with Crippen molar-refractivity contribution in [2.75, 3.05) is 77.4 Å². The van der Waals surface area contributed by atoms with Crippen LogP contribution in [0.4, 0.5) is 10.7 Å². The van der Waals surface area contributed by atoms with Crippen LogP contribution in [0.15, 0.2) is 23.5 Å². The highest BCUT2D eigenvalue weighted by Gasteiger charge is 2.26. The molecule has 0 radical (unpaired) electrons. The van der Waals surface area contributed by atoms with Gasteiger partial charge < -0.3 is 24.8 Å². The molecule has 178 valence electrons. The molecule has 0 aliphatic carbocycles. The number of aromatic nitrogens is 2. The number of hydrogen-bond donors (Lipinski definition) is 1. The molecule has 0 aromatic carbocycles. The fourth-order valence-corrected chi connectivity index (χ4v) is 3.89. The Kier molecular flexibility index (Phi) is 8.49. The molecule has 32 heavy (non-hydrogen) atoms. The molecule has 0 bridgehead atoms. The first-order valence-corrected chi connectivity index (χ1v) is 11.5. The van der Waals surface area contributed by atoms with Crippen LogP contribution in [-0.2, 0) is 4.74 Å². The lowest BCUT2D eigenvalue weighted by atomic mass is 10.2. The van der Waals surface area contributed by atoms with Crippen molar-refractivity contribution >= 4 is 18.0 Å². The summed E-state index contributed by atoms with van der Waals surface area (Å²) in [5.41, 5.74) is -0.444. The van der Waals surface area contributed by atoms with Crippen LogP contribution in [0.25, 0.3) is 0 Å². The maximum atomic E-state index is 12.2. The number of amides is 1. The summed E-state index contributed by atoms with van der Waals surface area (Å²) in [5.74, 6) is 1.75. The van der Waals surface area contributed by atoms with Gasteiger partial charge in [-0.15, -0.1) is 0 Å². The van der Waals surface area contributed by atoms with Gasteiger partial charge in [0.05, 0.1) is 0 Å². The van der Waals surface area contributed by atoms with Crippen LogP contribution in [0.2, 0.25) is 0 Å². The van der Waals surface area contributed by atoms with Crippen molar-refractivity contribution in [3.8, 4) is 0 Å². The number of nitrogens with one attached hydrogen (secondary N) is 1. The first-order valence-electron chi connectivity index (χ1n) is 11.5. The second-order valence-electron chi connectivity index (χ2n) is 9.16. The molecule has 1 aromatic rings. The van der Waals surface area contributed by atoms with E-state index in [-0.39, 0.29) is 6.09 Å². The number of rotatable bonds is 5. The SMILES string of the molecule is CN=C(NCCCN1CCN(C(=O)OC(C)(C)C)CC1)N1CCN(c2ncccn2)CC1. The van der Waals surface area contributed by atoms with Gasteiger partial charge in [-0.25, -0.2) is 14.8 Å². The molecule has 0 unspecified atom stereocenters. The number of nitrogens with zero attached hydrogens (tertiary/aromatic N) is 7. The van der Waals surface area contributed by atoms with Gasteiger partial charge in [-0.2, -0.15) is 0 Å². The van der Waals surface area contributed by atoms with Gasteiger partial charge in [0.25, 0.3) is 0 Å². The summed E-state index contributed by atoms with van der Waals surface area (Å²) < 4.78 is 5.47. The number of carbonyl (C=O) groups excluding carboxylic acids is 1. The average molecular weight is 447 g/mol. The first-order chi connectivity index (χ1) is 15.4. The van der Waals surface area contributed by atoms with Crippen LogP contribution >= 0.6 is 0 Å². The lowest BCUT2D eigenvalue weighted by Gasteiger charge is -2.37. The number of ether oxygens (including phenoxy) is 1. The molecular weight excluding hydrogens is 408 g/mol. The smallest absolute Gasteiger partial charge is 0.410 e. The Balaban J connectivity index is 1.31. The number of anilines is 1. The first kappa shape index (κ1) is 24.0. The van der Waals surface area contributed by atoms with Crippen LogP contribution in [-0.4, -0.2) is 115 Å². The Labute approximate surface area is 191 Å². The summed E-state index contributed by atoms with van der Waals surface area (Å²) in [5, 5.41) is 3.50. The maximum absolute atomic E-state index is 12.2. The molecule has 2 aliphatic heterocycles. The zero-order valence-electron chi connectivity index (χ0n) is 20.0. The molecule has 10 nitrogen and oxygen atoms in total. The molecule has 1 aromatic heterocycles. The Hall–Kier alpha value is -2.62. The molecule has 1 amide bonds. The lowest BCUT2D eigenvalue weighted by Crippen LogP contribution is -2.53. The molecule has 1 N–H and O–H groups in total. The van der Waals surface area contributed by atoms with Crippen molar-refractivity contribution in [2.24, 2.45) is 4.99 Å². The van der Waals surface area contributed by atoms with Crippen LogP contribution in [0.1, 0.15) is 27.2 Å². The van der Waals surface area contributed by atoms with E-state index in [2.05, 4.69) is 35.0 Å². The average Bonchev–Trinajstić information content (AvgIpc) is 2.79. The predicted molar refractivity (Wildman–Crippen MR) is 126 cm³/mol. The third-order valence-corrected chi connectivity index (χ3v) is 5.58. The molecule has 3 heterocycles. The topological polar surface area (TPSA) is 89.4 Å². The number of hydrogen-bond acceptors (Lipinski definition) is 7. The Morgan fingerprint density at radius 2 is 1.66 bits per heavy atom. The molecule has 3 rings (SSSR count). The Morgan fingerprint density at radius 1 is 1.03 bits per heavy atom. The lowest BCUT2D eigenvalue weighted by molar-refractivity contribution is 0.0145. The van der Waals surface area contributed by atoms with Crippen molar-refractivity contribution in [2.45, 2.75) is 32.8 Å². The van der Waals surface area contributed by atoms with Gasteiger partial charge >= 0.3 is 6.09 Å². The minimum atomic E-state index is -0.444. The van der Waals surface area contributed by atoms with Crippen molar-refractivity contribution in [3.05, 3.63) is 18.5 Å². The van der Waals surface area contributed by atoms with Gasteiger partial charge in [0.15, 0.2) is 5.96 Å². The normalized spacial score (nSPS) is 18.6. The largest absolute Gasteiger partial charge is 0.444 e. The van der Waals surface area contributed by atoms with E-state index in [4.69, 9.17) is 4.74 Å². The van der Waals surface area contributed by atoms with Crippen LogP contribution < -0.4 is 10.2 Å². The Bertz CT molecular complexity index is 736. The maximum Gasteiger partial charge on any atom is 0.410 e. The highest BCUT2D eigenvalue weighted by Crippen LogP contribution is 2.12. The van der Waals surface area contributed by atoms with Crippen LogP contribution in [0, 0.1) is 0 Å². The van der Waals surface area contributed by atoms with E-state index < -0.39 is 5.60 Å². The molecule has 0 spiro atoms. The van der Waals surface area contributed by atoms with Gasteiger partial charge in [0.2, 0.25) is 5.95 Å². The molecule has 2 saturated heterocycles. The van der Waals surface area contributed by atoms with E-state index in [1.807, 2.05) is 38.8 Å². The van der Waals surface area contributed by atoms with Crippen LogP contribution in [0.5, 0.6) is 0 Å². The summed E-state index contributed by atoms with van der Waals surface area (Å²) in [6.07, 6.45) is 4.39. The van der Waals surface area contributed by atoms with E-state index in [0.29, 0.717) is 0 Å². The fraction of sp³-hybridized carbons (Fsp3) is 0.727. The summed E-state index contributed by atoms with van der Waals surface area (Å²) in [7, 11) is 1.84. The van der Waals surface area contributed by atoms with Gasteiger partial charge in [0, 0.05) is 78.3 Å². The van der Waals surface area contributed by atoms with Crippen molar-refractivity contribution in [1.82, 2.24) is 30.0 Å². The standard InChI is InChI=1S/C22H38N8O2/c1-22(2,3)32-21(31)30-13-11-27(12-14-30)10-6-9-24-19(23-4)28-15-17-29(18-16-28)20-25-7-5-8-26-20/h5,7-8H,6,9-18H2,1-4H3,(H,23,24). The zero-order chi connectivity index (χ0) is 23.0. The second kappa shape index (κ2) is 11.3. The van der Waals surface area contributed by atoms with Crippen molar-refractivity contribution in [1.29, 1.82) is 0 Å². The zero-order valence-corrected chi connectivity index (χ0v) is 20.0. The quantitative estimate of drug-likeness (QED) is 0.409. The fourth-order valence-electron chi connectivity index (χ4n) is 3.89. The molecule has 0 atom stereocenters. The highest BCUT2D eigenvalue weighted by atomic mass is 16.6. The van der Waals surface area contributed by atoms with Gasteiger partial charge in [-0.05, 0) is 39.8 Å². The van der Waals surface area contributed by atoms with Gasteiger partial charge in [0.1, 0.15) is 5.60 Å². The molecule has 10 heteroatoms. The molecular formula is C22H38N8O2. The van der Waals surface area contributed by atoms with Gasteiger partial charge in [-0.3, -0.25) is 9.89 Å². The molecule has 2 fully saturated rings. The summed E-state index contributed by atoms with van der Waals surface area (Å²) >= 11 is 0. The molecule has 2 aliphatic rings. The number of aliphatic imine (C=N–C) groups is 1. The van der Waals surface area contributed by atoms with E-state index >= 15 is 0 Å². The van der Waals surface area contributed by atoms with E-state index in [1.165, 1.54) is 0 Å². The van der Waals surface area contributed by atoms with Gasteiger partial charge in [-0.1, -0.05) is 0 Å². The monoisotopic (exact) mass is 446 g/mol. The number of guanidine groups is 1. The predicted octanol–water partition coefficient (Wildman–Crippen LogP) is 1.12. The number of piperazine rings is 2. The minimum absolute atomic E-state index is 0.207. The van der Waals surface area contributed by atoms with E-state index in [9.17, 15) is 4.79 Å². The van der Waals surface area contributed by atoms with Crippen molar-refractivity contribution < 1.29 is 9.53 Å². The minimum Gasteiger partial charge on any atom is -0.444 e. The number of carbonyl (C=O) groups is 1. The van der Waals surface area contributed by atoms with Crippen LogP contribution in [0.3, 0.4) is 0 Å². The summed E-state index contributed by atoms with van der Waals surface area (Å²) in [6.45, 7) is 14.4. The Morgan fingerprint density at radius 3 is 2.25 bits per heavy atom. The summed E-state index contributed by atoms with van der Waals surface area (Å²) in [6, 6.07) is 1.84. The van der Waals surface area contributed by atoms with Crippen molar-refractivity contribution in [3.63, 3.8) is 0 Å². The second-order valence-corrected chi connectivity index (χ2v) is 9.16. The third-order valence-electron chi connectivity index (χ3n) is 5.58.